The third kappa shape index (κ3) is 4.17. The SMILES string of the molecule is O=C(/C=C/c1ccncc1F)c1ccc(OC(F)F)cc1. The van der Waals surface area contributed by atoms with E-state index in [1.165, 1.54) is 48.7 Å². The lowest BCUT2D eigenvalue weighted by atomic mass is 10.1. The molecular weight excluding hydrogens is 283 g/mol. The quantitative estimate of drug-likeness (QED) is 0.623. The van der Waals surface area contributed by atoms with Gasteiger partial charge in [-0.3, -0.25) is 9.78 Å². The van der Waals surface area contributed by atoms with Gasteiger partial charge in [0, 0.05) is 17.3 Å². The molecule has 0 N–H and O–H groups in total. The minimum atomic E-state index is -2.92. The van der Waals surface area contributed by atoms with Crippen molar-refractivity contribution >= 4 is 11.9 Å². The van der Waals surface area contributed by atoms with E-state index in [1.54, 1.807) is 0 Å². The van der Waals surface area contributed by atoms with E-state index in [1.807, 2.05) is 0 Å². The number of allylic oxidation sites excluding steroid dienone is 1. The molecule has 0 saturated carbocycles. The maximum absolute atomic E-state index is 13.3. The Morgan fingerprint density at radius 3 is 2.52 bits per heavy atom. The van der Waals surface area contributed by atoms with Crippen LogP contribution in [0.3, 0.4) is 0 Å². The Hall–Kier alpha value is -2.63. The van der Waals surface area contributed by atoms with Crippen LogP contribution in [0.4, 0.5) is 13.2 Å². The van der Waals surface area contributed by atoms with Crippen LogP contribution in [-0.4, -0.2) is 17.4 Å². The van der Waals surface area contributed by atoms with Crippen LogP contribution in [0.2, 0.25) is 0 Å². The summed E-state index contributed by atoms with van der Waals surface area (Å²) in [6, 6.07) is 6.67. The Morgan fingerprint density at radius 2 is 1.90 bits per heavy atom. The number of rotatable bonds is 5. The Morgan fingerprint density at radius 1 is 1.19 bits per heavy atom. The van der Waals surface area contributed by atoms with Crippen LogP contribution in [0, 0.1) is 5.82 Å². The molecule has 0 unspecified atom stereocenters. The Balaban J connectivity index is 2.08. The number of ketones is 1. The van der Waals surface area contributed by atoms with Crippen LogP contribution < -0.4 is 4.74 Å². The predicted molar refractivity (Wildman–Crippen MR) is 70.6 cm³/mol. The molecule has 0 bridgehead atoms. The molecule has 0 aliphatic carbocycles. The van der Waals surface area contributed by atoms with Crippen molar-refractivity contribution in [1.29, 1.82) is 0 Å². The largest absolute Gasteiger partial charge is 0.435 e. The number of carbonyl (C=O) groups excluding carboxylic acids is 1. The van der Waals surface area contributed by atoms with Crippen LogP contribution in [0.5, 0.6) is 5.75 Å². The van der Waals surface area contributed by atoms with Crippen LogP contribution in [0.1, 0.15) is 15.9 Å². The van der Waals surface area contributed by atoms with Crippen LogP contribution in [0.25, 0.3) is 6.08 Å². The first kappa shape index (κ1) is 14.8. The Labute approximate surface area is 118 Å². The first-order chi connectivity index (χ1) is 10.1. The lowest BCUT2D eigenvalue weighted by Crippen LogP contribution is -2.02. The molecule has 3 nitrogen and oxygen atoms in total. The first-order valence-electron chi connectivity index (χ1n) is 5.93. The molecule has 0 aliphatic heterocycles. The number of hydrogen-bond donors (Lipinski definition) is 0. The van der Waals surface area contributed by atoms with E-state index < -0.39 is 12.4 Å². The summed E-state index contributed by atoms with van der Waals surface area (Å²) in [4.78, 5) is 15.4. The van der Waals surface area contributed by atoms with Gasteiger partial charge >= 0.3 is 6.61 Å². The molecule has 2 aromatic rings. The molecule has 0 spiro atoms. The smallest absolute Gasteiger partial charge is 0.387 e. The predicted octanol–water partition coefficient (Wildman–Crippen LogP) is 3.72. The van der Waals surface area contributed by atoms with E-state index >= 15 is 0 Å². The maximum atomic E-state index is 13.3. The van der Waals surface area contributed by atoms with Crippen molar-refractivity contribution in [3.8, 4) is 5.75 Å². The van der Waals surface area contributed by atoms with Crippen molar-refractivity contribution in [3.05, 3.63) is 65.7 Å². The molecule has 0 aliphatic rings. The fourth-order valence-corrected chi connectivity index (χ4v) is 1.58. The normalized spacial score (nSPS) is 11.0. The third-order valence-electron chi connectivity index (χ3n) is 2.58. The summed E-state index contributed by atoms with van der Waals surface area (Å²) >= 11 is 0. The zero-order valence-electron chi connectivity index (χ0n) is 10.7. The van der Waals surface area contributed by atoms with E-state index in [0.717, 1.165) is 6.20 Å². The first-order valence-corrected chi connectivity index (χ1v) is 5.93. The number of pyridine rings is 1. The molecule has 0 amide bonds. The van der Waals surface area contributed by atoms with E-state index in [4.69, 9.17) is 0 Å². The highest BCUT2D eigenvalue weighted by molar-refractivity contribution is 6.06. The van der Waals surface area contributed by atoms with Gasteiger partial charge in [-0.2, -0.15) is 8.78 Å². The van der Waals surface area contributed by atoms with Crippen molar-refractivity contribution in [3.63, 3.8) is 0 Å². The van der Waals surface area contributed by atoms with Gasteiger partial charge in [-0.25, -0.2) is 4.39 Å². The summed E-state index contributed by atoms with van der Waals surface area (Å²) in [5, 5.41) is 0. The van der Waals surface area contributed by atoms with Gasteiger partial charge in [0.1, 0.15) is 11.6 Å². The molecule has 0 atom stereocenters. The van der Waals surface area contributed by atoms with Gasteiger partial charge in [-0.15, -0.1) is 0 Å². The summed E-state index contributed by atoms with van der Waals surface area (Å²) < 4.78 is 41.4. The van der Waals surface area contributed by atoms with Crippen molar-refractivity contribution in [2.24, 2.45) is 0 Å². The zero-order valence-corrected chi connectivity index (χ0v) is 10.7. The van der Waals surface area contributed by atoms with Crippen LogP contribution in [-0.2, 0) is 0 Å². The maximum Gasteiger partial charge on any atom is 0.387 e. The summed E-state index contributed by atoms with van der Waals surface area (Å²) in [5.41, 5.74) is 0.512. The fourth-order valence-electron chi connectivity index (χ4n) is 1.58. The minimum absolute atomic E-state index is 0.0364. The molecule has 0 fully saturated rings. The monoisotopic (exact) mass is 293 g/mol. The molecule has 21 heavy (non-hydrogen) atoms. The number of aromatic nitrogens is 1. The van der Waals surface area contributed by atoms with Gasteiger partial charge in [-0.05, 0) is 42.5 Å². The second kappa shape index (κ2) is 6.69. The average Bonchev–Trinajstić information content (AvgIpc) is 2.46. The fraction of sp³-hybridized carbons (Fsp3) is 0.0667. The number of alkyl halides is 2. The second-order valence-electron chi connectivity index (χ2n) is 4.00. The standard InChI is InChI=1S/C15H10F3NO2/c16-13-9-19-8-7-10(13)3-6-14(20)11-1-4-12(5-2-11)21-15(17)18/h1-9,15H/b6-3+. The molecule has 0 radical (unpaired) electrons. The van der Waals surface area contributed by atoms with Crippen LogP contribution >= 0.6 is 0 Å². The summed E-state index contributed by atoms with van der Waals surface area (Å²) in [6.07, 6.45) is 4.97. The lowest BCUT2D eigenvalue weighted by Gasteiger charge is -2.04. The second-order valence-corrected chi connectivity index (χ2v) is 4.00. The van der Waals surface area contributed by atoms with Gasteiger partial charge in [0.2, 0.25) is 0 Å². The molecule has 2 rings (SSSR count). The average molecular weight is 293 g/mol. The van der Waals surface area contributed by atoms with Gasteiger partial charge in [-0.1, -0.05) is 0 Å². The van der Waals surface area contributed by atoms with E-state index in [-0.39, 0.29) is 22.7 Å². The number of carbonyl (C=O) groups is 1. The highest BCUT2D eigenvalue weighted by Gasteiger charge is 2.06. The van der Waals surface area contributed by atoms with Crippen molar-refractivity contribution < 1.29 is 22.7 Å². The van der Waals surface area contributed by atoms with E-state index in [0.29, 0.717) is 0 Å². The van der Waals surface area contributed by atoms with Gasteiger partial charge in [0.15, 0.2) is 5.78 Å². The van der Waals surface area contributed by atoms with E-state index in [9.17, 15) is 18.0 Å². The van der Waals surface area contributed by atoms with Gasteiger partial charge in [0.25, 0.3) is 0 Å². The number of ether oxygens (including phenoxy) is 1. The lowest BCUT2D eigenvalue weighted by molar-refractivity contribution is -0.0498. The molecule has 1 aromatic carbocycles. The van der Waals surface area contributed by atoms with Crippen LogP contribution in [0.15, 0.2) is 48.8 Å². The van der Waals surface area contributed by atoms with Gasteiger partial charge in [0.05, 0.1) is 6.20 Å². The topological polar surface area (TPSA) is 39.2 Å². The summed E-state index contributed by atoms with van der Waals surface area (Å²) in [6.45, 7) is -2.92. The van der Waals surface area contributed by atoms with Crippen molar-refractivity contribution in [2.45, 2.75) is 6.61 Å². The third-order valence-corrected chi connectivity index (χ3v) is 2.58. The minimum Gasteiger partial charge on any atom is -0.435 e. The van der Waals surface area contributed by atoms with Crippen molar-refractivity contribution in [2.75, 3.05) is 0 Å². The molecule has 108 valence electrons. The Bertz CT molecular complexity index is 654. The summed E-state index contributed by atoms with van der Waals surface area (Å²) in [5.74, 6) is -0.956. The number of benzene rings is 1. The Kier molecular flexibility index (Phi) is 4.71. The van der Waals surface area contributed by atoms with Crippen molar-refractivity contribution in [1.82, 2.24) is 4.98 Å². The number of nitrogens with zero attached hydrogens (tertiary/aromatic N) is 1. The number of hydrogen-bond acceptors (Lipinski definition) is 3. The van der Waals surface area contributed by atoms with Gasteiger partial charge < -0.3 is 4.74 Å². The summed E-state index contributed by atoms with van der Waals surface area (Å²) in [7, 11) is 0. The van der Waals surface area contributed by atoms with E-state index in [2.05, 4.69) is 9.72 Å². The zero-order chi connectivity index (χ0) is 15.2. The molecule has 1 heterocycles. The molecule has 0 saturated heterocycles. The highest BCUT2D eigenvalue weighted by atomic mass is 19.3. The molecular formula is C15H10F3NO2. The highest BCUT2D eigenvalue weighted by Crippen LogP contribution is 2.16. The number of halogens is 3. The molecule has 1 aromatic heterocycles. The molecule has 6 heteroatoms.